The van der Waals surface area contributed by atoms with Gasteiger partial charge in [-0.3, -0.25) is 4.79 Å². The molecule has 1 aromatic carbocycles. The van der Waals surface area contributed by atoms with Crippen LogP contribution < -0.4 is 10.6 Å². The second kappa shape index (κ2) is 9.34. The van der Waals surface area contributed by atoms with Gasteiger partial charge in [0.05, 0.1) is 12.2 Å². The van der Waals surface area contributed by atoms with Crippen molar-refractivity contribution in [2.75, 3.05) is 11.9 Å². The predicted molar refractivity (Wildman–Crippen MR) is 106 cm³/mol. The topological polar surface area (TPSA) is 91.2 Å². The quantitative estimate of drug-likeness (QED) is 0.368. The first-order valence-electron chi connectivity index (χ1n) is 9.13. The van der Waals surface area contributed by atoms with Crippen LogP contribution in [0.3, 0.4) is 0 Å². The molecule has 0 unspecified atom stereocenters. The van der Waals surface area contributed by atoms with E-state index in [-0.39, 0.29) is 22.7 Å². The average Bonchev–Trinajstić information content (AvgIpc) is 3.00. The largest absolute Gasteiger partial charge is 0.463 e. The van der Waals surface area contributed by atoms with Gasteiger partial charge in [0.1, 0.15) is 16.9 Å². The van der Waals surface area contributed by atoms with Gasteiger partial charge in [-0.25, -0.2) is 9.18 Å². The Kier molecular flexibility index (Phi) is 7.28. The van der Waals surface area contributed by atoms with E-state index >= 15 is 0 Å². The number of nitrogens with zero attached hydrogens (tertiary/aromatic N) is 1. The van der Waals surface area contributed by atoms with Crippen LogP contribution in [0, 0.1) is 24.1 Å². The van der Waals surface area contributed by atoms with E-state index in [2.05, 4.69) is 4.74 Å². The fourth-order valence-electron chi connectivity index (χ4n) is 2.85. The fraction of sp³-hybridized carbons (Fsp3) is 0.350. The highest BCUT2D eigenvalue weighted by Gasteiger charge is 2.64. The van der Waals surface area contributed by atoms with E-state index in [4.69, 9.17) is 0 Å². The van der Waals surface area contributed by atoms with Gasteiger partial charge in [0.2, 0.25) is 0 Å². The van der Waals surface area contributed by atoms with Crippen LogP contribution in [-0.4, -0.2) is 30.3 Å². The van der Waals surface area contributed by atoms with Gasteiger partial charge in [0.15, 0.2) is 0 Å². The summed E-state index contributed by atoms with van der Waals surface area (Å²) in [5.74, 6) is -3.78. The Morgan fingerprint density at radius 2 is 1.81 bits per heavy atom. The van der Waals surface area contributed by atoms with Gasteiger partial charge in [-0.2, -0.15) is 18.4 Å². The molecule has 6 nitrogen and oxygen atoms in total. The summed E-state index contributed by atoms with van der Waals surface area (Å²) in [5, 5.41) is 12.9. The third-order valence-corrected chi connectivity index (χ3v) is 5.45. The molecule has 2 rings (SSSR count). The van der Waals surface area contributed by atoms with Crippen molar-refractivity contribution >= 4 is 28.2 Å². The average molecular weight is 457 g/mol. The summed E-state index contributed by atoms with van der Waals surface area (Å²) in [6, 6.07) is 5.58. The van der Waals surface area contributed by atoms with Gasteiger partial charge >= 0.3 is 17.8 Å². The second-order valence-corrected chi connectivity index (χ2v) is 7.59. The number of carbonyl (C=O) groups is 2. The summed E-state index contributed by atoms with van der Waals surface area (Å²) in [6.07, 6.45) is -4.97. The molecule has 166 valence electrons. The molecule has 2 aromatic rings. The molecule has 0 fully saturated rings. The van der Waals surface area contributed by atoms with Crippen LogP contribution in [0.5, 0.6) is 0 Å². The smallest absolute Gasteiger partial charge is 0.441 e. The van der Waals surface area contributed by atoms with Crippen molar-refractivity contribution in [3.63, 3.8) is 0 Å². The van der Waals surface area contributed by atoms with Crippen molar-refractivity contribution in [1.82, 2.24) is 5.32 Å². The van der Waals surface area contributed by atoms with Gasteiger partial charge in [-0.15, -0.1) is 11.3 Å². The van der Waals surface area contributed by atoms with Crippen LogP contribution in [0.15, 0.2) is 24.3 Å². The van der Waals surface area contributed by atoms with Crippen LogP contribution in [-0.2, 0) is 16.0 Å². The predicted octanol–water partition coefficient (Wildman–Crippen LogP) is 4.29. The molecule has 1 atom stereocenters. The van der Waals surface area contributed by atoms with Crippen molar-refractivity contribution in [2.45, 2.75) is 39.0 Å². The van der Waals surface area contributed by atoms with E-state index in [1.54, 1.807) is 19.2 Å². The minimum atomic E-state index is -5.36. The number of benzene rings is 1. The van der Waals surface area contributed by atoms with Gasteiger partial charge in [-0.05, 0) is 50.1 Å². The lowest BCUT2D eigenvalue weighted by molar-refractivity contribution is -0.204. The maximum absolute atomic E-state index is 14.3. The van der Waals surface area contributed by atoms with Gasteiger partial charge in [0.25, 0.3) is 5.91 Å². The van der Waals surface area contributed by atoms with Crippen LogP contribution in [0.2, 0.25) is 0 Å². The Hall–Kier alpha value is -3.13. The van der Waals surface area contributed by atoms with Crippen molar-refractivity contribution in [1.29, 1.82) is 5.26 Å². The zero-order chi connectivity index (χ0) is 23.4. The molecule has 0 saturated heterocycles. The summed E-state index contributed by atoms with van der Waals surface area (Å²) in [6.45, 7) is 4.29. The minimum Gasteiger partial charge on any atom is -0.463 e. The molecular formula is C20H19F4N3O3S. The number of alkyl halides is 3. The molecule has 0 aliphatic heterocycles. The molecule has 0 aliphatic rings. The van der Waals surface area contributed by atoms with Crippen LogP contribution in [0.25, 0.3) is 0 Å². The molecule has 0 bridgehead atoms. The Morgan fingerprint density at radius 1 is 1.19 bits per heavy atom. The van der Waals surface area contributed by atoms with Crippen molar-refractivity contribution in [2.24, 2.45) is 0 Å². The van der Waals surface area contributed by atoms with E-state index < -0.39 is 29.5 Å². The minimum absolute atomic E-state index is 0.0565. The zero-order valence-corrected chi connectivity index (χ0v) is 17.6. The molecule has 2 N–H and O–H groups in total. The molecule has 0 radical (unpaired) electrons. The molecule has 1 aromatic heterocycles. The summed E-state index contributed by atoms with van der Waals surface area (Å²) in [5.41, 5.74) is -3.51. The number of amides is 1. The Bertz CT molecular complexity index is 1010. The number of rotatable bonds is 7. The second-order valence-electron chi connectivity index (χ2n) is 6.36. The maximum Gasteiger partial charge on any atom is 0.441 e. The molecule has 31 heavy (non-hydrogen) atoms. The van der Waals surface area contributed by atoms with E-state index in [0.29, 0.717) is 16.9 Å². The molecule has 1 amide bonds. The monoisotopic (exact) mass is 457 g/mol. The molecule has 0 spiro atoms. The highest BCUT2D eigenvalue weighted by atomic mass is 32.1. The van der Waals surface area contributed by atoms with Crippen LogP contribution in [0.1, 0.15) is 40.2 Å². The zero-order valence-electron chi connectivity index (χ0n) is 16.8. The summed E-state index contributed by atoms with van der Waals surface area (Å²) < 4.78 is 60.6. The number of hydrogen-bond acceptors (Lipinski definition) is 6. The summed E-state index contributed by atoms with van der Waals surface area (Å²) in [4.78, 5) is 25.7. The number of nitriles is 1. The number of anilines is 1. The molecule has 0 aliphatic carbocycles. The number of carbonyl (C=O) groups excluding carboxylic acids is 2. The van der Waals surface area contributed by atoms with E-state index in [1.807, 2.05) is 11.4 Å². The lowest BCUT2D eigenvalue weighted by atomic mass is 10.1. The highest BCUT2D eigenvalue weighted by Crippen LogP contribution is 2.39. The summed E-state index contributed by atoms with van der Waals surface area (Å²) >= 11 is 0.851. The number of halogens is 4. The van der Waals surface area contributed by atoms with E-state index in [1.165, 1.54) is 6.92 Å². The van der Waals surface area contributed by atoms with Crippen LogP contribution in [0.4, 0.5) is 22.6 Å². The standard InChI is InChI=1S/C20H19F4N3O3S/c1-4-14-11(3)31-17(15(14)10-25)27-19(20(22,23)24,18(29)30-5-2)26-16(28)12-6-8-13(21)9-7-12/h6-9,27H,4-5H2,1-3H3,(H,26,28)/t19-/m0/s1. The number of aryl methyl sites for hydroxylation is 1. The SMILES string of the molecule is CCOC(=O)[C@](NC(=O)c1ccc(F)cc1)(Nc1sc(C)c(CC)c1C#N)C(F)(F)F. The van der Waals surface area contributed by atoms with Crippen molar-refractivity contribution in [3.05, 3.63) is 51.7 Å². The third kappa shape index (κ3) is 4.80. The first kappa shape index (κ1) is 24.1. The number of thiophene rings is 1. The molecule has 0 saturated carbocycles. The Labute approximate surface area is 179 Å². The van der Waals surface area contributed by atoms with E-state index in [0.717, 1.165) is 35.6 Å². The van der Waals surface area contributed by atoms with Gasteiger partial charge in [0, 0.05) is 10.4 Å². The molecule has 11 heteroatoms. The van der Waals surface area contributed by atoms with Gasteiger partial charge < -0.3 is 15.4 Å². The van der Waals surface area contributed by atoms with Crippen LogP contribution >= 0.6 is 11.3 Å². The van der Waals surface area contributed by atoms with Crippen molar-refractivity contribution in [3.8, 4) is 6.07 Å². The number of ether oxygens (including phenoxy) is 1. The lowest BCUT2D eigenvalue weighted by Gasteiger charge is -2.35. The Morgan fingerprint density at radius 3 is 2.29 bits per heavy atom. The molecular weight excluding hydrogens is 438 g/mol. The van der Waals surface area contributed by atoms with E-state index in [9.17, 15) is 32.4 Å². The number of hydrogen-bond donors (Lipinski definition) is 2. The summed E-state index contributed by atoms with van der Waals surface area (Å²) in [7, 11) is 0. The van der Waals surface area contributed by atoms with Gasteiger partial charge in [-0.1, -0.05) is 6.92 Å². The third-order valence-electron chi connectivity index (χ3n) is 4.39. The lowest BCUT2D eigenvalue weighted by Crippen LogP contribution is -2.69. The fourth-order valence-corrected chi connectivity index (χ4v) is 4.01. The van der Waals surface area contributed by atoms with Crippen molar-refractivity contribution < 1.29 is 31.9 Å². The number of nitrogens with one attached hydrogen (secondary N) is 2. The molecule has 1 heterocycles. The normalized spacial score (nSPS) is 13.1. The maximum atomic E-state index is 14.3. The highest BCUT2D eigenvalue weighted by molar-refractivity contribution is 7.16. The first-order chi connectivity index (χ1) is 14.5. The Balaban J connectivity index is 2.62. The first-order valence-corrected chi connectivity index (χ1v) is 9.94. The number of esters is 1.